The Morgan fingerprint density at radius 3 is 2.71 bits per heavy atom. The van der Waals surface area contributed by atoms with E-state index in [1.165, 1.54) is 0 Å². The highest BCUT2D eigenvalue weighted by molar-refractivity contribution is 5.33. The minimum atomic E-state index is -0.134. The first-order valence-corrected chi connectivity index (χ1v) is 6.91. The van der Waals surface area contributed by atoms with Gasteiger partial charge < -0.3 is 0 Å². The van der Waals surface area contributed by atoms with Crippen molar-refractivity contribution in [2.45, 2.75) is 19.5 Å². The van der Waals surface area contributed by atoms with Crippen LogP contribution >= 0.6 is 0 Å². The van der Waals surface area contributed by atoms with E-state index in [9.17, 15) is 0 Å². The fourth-order valence-electron chi connectivity index (χ4n) is 2.41. The molecule has 21 heavy (non-hydrogen) atoms. The number of nitrogens with one attached hydrogen (secondary N) is 1. The fourth-order valence-corrected chi connectivity index (χ4v) is 2.41. The Morgan fingerprint density at radius 2 is 2.00 bits per heavy atom. The third kappa shape index (κ3) is 2.58. The number of rotatable bonds is 5. The highest BCUT2D eigenvalue weighted by atomic mass is 15.3. The predicted octanol–water partition coefficient (Wildman–Crippen LogP) is 1.64. The van der Waals surface area contributed by atoms with Gasteiger partial charge in [-0.25, -0.2) is 10.1 Å². The van der Waals surface area contributed by atoms with E-state index in [0.29, 0.717) is 0 Å². The number of nitrogens with two attached hydrogens (primary N) is 1. The summed E-state index contributed by atoms with van der Waals surface area (Å²) in [4.78, 5) is 0. The van der Waals surface area contributed by atoms with Crippen molar-refractivity contribution >= 4 is 0 Å². The van der Waals surface area contributed by atoms with Crippen LogP contribution in [-0.4, -0.2) is 19.6 Å². The molecule has 6 heteroatoms. The largest absolute Gasteiger partial charge is 0.271 e. The molecule has 0 fully saturated rings. The zero-order valence-electron chi connectivity index (χ0n) is 11.8. The lowest BCUT2D eigenvalue weighted by atomic mass is 10.1. The molecule has 3 rings (SSSR count). The summed E-state index contributed by atoms with van der Waals surface area (Å²) in [5.74, 6) is 5.74. The molecule has 1 aromatic carbocycles. The quantitative estimate of drug-likeness (QED) is 0.551. The summed E-state index contributed by atoms with van der Waals surface area (Å²) < 4.78 is 3.76. The zero-order chi connectivity index (χ0) is 14.7. The van der Waals surface area contributed by atoms with Crippen molar-refractivity contribution in [3.05, 3.63) is 66.2 Å². The Labute approximate surface area is 123 Å². The first-order valence-electron chi connectivity index (χ1n) is 6.91. The number of hydrogen-bond acceptors (Lipinski definition) is 4. The van der Waals surface area contributed by atoms with Gasteiger partial charge in [-0.15, -0.1) is 0 Å². The topological polar surface area (TPSA) is 73.7 Å². The maximum atomic E-state index is 5.74. The van der Waals surface area contributed by atoms with Gasteiger partial charge in [0.05, 0.1) is 23.6 Å². The Morgan fingerprint density at radius 1 is 1.19 bits per heavy atom. The van der Waals surface area contributed by atoms with Crippen LogP contribution in [0.3, 0.4) is 0 Å². The molecule has 0 aliphatic heterocycles. The third-order valence-corrected chi connectivity index (χ3v) is 3.47. The number of benzene rings is 1. The van der Waals surface area contributed by atoms with E-state index in [2.05, 4.69) is 22.5 Å². The summed E-state index contributed by atoms with van der Waals surface area (Å²) in [6, 6.07) is 11.8. The van der Waals surface area contributed by atoms with Gasteiger partial charge in [-0.05, 0) is 25.1 Å². The van der Waals surface area contributed by atoms with Gasteiger partial charge in [0.2, 0.25) is 0 Å². The maximum Gasteiger partial charge on any atom is 0.0908 e. The van der Waals surface area contributed by atoms with Crippen LogP contribution in [0.2, 0.25) is 0 Å². The van der Waals surface area contributed by atoms with Crippen molar-refractivity contribution in [1.29, 1.82) is 0 Å². The van der Waals surface area contributed by atoms with E-state index in [1.807, 2.05) is 58.2 Å². The smallest absolute Gasteiger partial charge is 0.0908 e. The number of nitrogens with zero attached hydrogens (tertiary/aromatic N) is 4. The minimum absolute atomic E-state index is 0.134. The monoisotopic (exact) mass is 282 g/mol. The minimum Gasteiger partial charge on any atom is -0.271 e. The Bertz CT molecular complexity index is 700. The normalized spacial score (nSPS) is 12.5. The van der Waals surface area contributed by atoms with Gasteiger partial charge in [0.25, 0.3) is 0 Å². The second-order valence-electron chi connectivity index (χ2n) is 4.73. The lowest BCUT2D eigenvalue weighted by molar-refractivity contribution is 0.543. The summed E-state index contributed by atoms with van der Waals surface area (Å²) in [6.07, 6.45) is 5.59. The fraction of sp³-hybridized carbons (Fsp3) is 0.200. The van der Waals surface area contributed by atoms with Gasteiger partial charge in [0.1, 0.15) is 0 Å². The number of aryl methyl sites for hydroxylation is 1. The van der Waals surface area contributed by atoms with E-state index in [1.54, 1.807) is 6.20 Å². The lowest BCUT2D eigenvalue weighted by Gasteiger charge is -2.15. The molecule has 2 aromatic heterocycles. The SMILES string of the molecule is CCn1nccc1C(NN)c1cnn(-c2ccccc2)c1. The molecular formula is C15H18N6. The van der Waals surface area contributed by atoms with Crippen molar-refractivity contribution in [1.82, 2.24) is 25.0 Å². The molecule has 108 valence electrons. The second-order valence-corrected chi connectivity index (χ2v) is 4.73. The van der Waals surface area contributed by atoms with Crippen LogP contribution in [0, 0.1) is 0 Å². The summed E-state index contributed by atoms with van der Waals surface area (Å²) in [7, 11) is 0. The van der Waals surface area contributed by atoms with Gasteiger partial charge in [0, 0.05) is 24.5 Å². The van der Waals surface area contributed by atoms with E-state index < -0.39 is 0 Å². The standard InChI is InChI=1S/C15H18N6/c1-2-20-14(8-9-17-20)15(19-16)12-10-18-21(11-12)13-6-4-3-5-7-13/h3-11,15,19H,2,16H2,1H3. The van der Waals surface area contributed by atoms with Crippen molar-refractivity contribution in [3.63, 3.8) is 0 Å². The first-order chi connectivity index (χ1) is 10.3. The number of hydrazine groups is 1. The second kappa shape index (κ2) is 5.90. The summed E-state index contributed by atoms with van der Waals surface area (Å²) in [5, 5.41) is 8.70. The van der Waals surface area contributed by atoms with Gasteiger partial charge in [-0.2, -0.15) is 10.2 Å². The molecule has 0 saturated heterocycles. The molecule has 0 saturated carbocycles. The molecule has 1 atom stereocenters. The van der Waals surface area contributed by atoms with Crippen LogP contribution in [0.4, 0.5) is 0 Å². The molecular weight excluding hydrogens is 264 g/mol. The van der Waals surface area contributed by atoms with Gasteiger partial charge in [-0.3, -0.25) is 10.5 Å². The first kappa shape index (κ1) is 13.5. The van der Waals surface area contributed by atoms with Crippen LogP contribution < -0.4 is 11.3 Å². The highest BCUT2D eigenvalue weighted by Gasteiger charge is 2.18. The van der Waals surface area contributed by atoms with E-state index >= 15 is 0 Å². The van der Waals surface area contributed by atoms with Crippen LogP contribution in [0.1, 0.15) is 24.2 Å². The summed E-state index contributed by atoms with van der Waals surface area (Å²) in [6.45, 7) is 2.85. The predicted molar refractivity (Wildman–Crippen MR) is 80.6 cm³/mol. The number of aromatic nitrogens is 4. The van der Waals surface area contributed by atoms with Crippen molar-refractivity contribution < 1.29 is 0 Å². The highest BCUT2D eigenvalue weighted by Crippen LogP contribution is 2.21. The summed E-state index contributed by atoms with van der Waals surface area (Å²) >= 11 is 0. The van der Waals surface area contributed by atoms with Crippen molar-refractivity contribution in [3.8, 4) is 5.69 Å². The van der Waals surface area contributed by atoms with E-state index in [0.717, 1.165) is 23.5 Å². The average Bonchev–Trinajstić information content (AvgIpc) is 3.19. The van der Waals surface area contributed by atoms with Crippen LogP contribution in [-0.2, 0) is 6.54 Å². The summed E-state index contributed by atoms with van der Waals surface area (Å²) in [5.41, 5.74) is 5.88. The maximum absolute atomic E-state index is 5.74. The Balaban J connectivity index is 1.94. The Hall–Kier alpha value is -2.44. The molecule has 0 bridgehead atoms. The molecule has 3 N–H and O–H groups in total. The third-order valence-electron chi connectivity index (χ3n) is 3.47. The van der Waals surface area contributed by atoms with Crippen LogP contribution in [0.5, 0.6) is 0 Å². The molecule has 3 aromatic rings. The van der Waals surface area contributed by atoms with Crippen molar-refractivity contribution in [2.24, 2.45) is 5.84 Å². The Kier molecular flexibility index (Phi) is 3.81. The van der Waals surface area contributed by atoms with Gasteiger partial charge in [-0.1, -0.05) is 18.2 Å². The molecule has 1 unspecified atom stereocenters. The molecule has 0 spiro atoms. The number of para-hydroxylation sites is 1. The molecule has 0 radical (unpaired) electrons. The van der Waals surface area contributed by atoms with Crippen LogP contribution in [0.15, 0.2) is 55.0 Å². The number of hydrogen-bond donors (Lipinski definition) is 2. The molecule has 0 amide bonds. The van der Waals surface area contributed by atoms with Gasteiger partial charge >= 0.3 is 0 Å². The van der Waals surface area contributed by atoms with Crippen LogP contribution in [0.25, 0.3) is 5.69 Å². The zero-order valence-corrected chi connectivity index (χ0v) is 11.8. The molecule has 6 nitrogen and oxygen atoms in total. The molecule has 0 aliphatic rings. The van der Waals surface area contributed by atoms with Crippen molar-refractivity contribution in [2.75, 3.05) is 0 Å². The van der Waals surface area contributed by atoms with E-state index in [-0.39, 0.29) is 6.04 Å². The molecule has 0 aliphatic carbocycles. The molecule has 2 heterocycles. The lowest BCUT2D eigenvalue weighted by Crippen LogP contribution is -2.30. The van der Waals surface area contributed by atoms with Gasteiger partial charge in [0.15, 0.2) is 0 Å². The average molecular weight is 282 g/mol. The van der Waals surface area contributed by atoms with E-state index in [4.69, 9.17) is 5.84 Å².